The van der Waals surface area contributed by atoms with Crippen LogP contribution in [0.1, 0.15) is 31.9 Å². The molecule has 0 aliphatic rings. The topological polar surface area (TPSA) is 38.9 Å². The Morgan fingerprint density at radius 1 is 1.25 bits per heavy atom. The molecule has 0 fully saturated rings. The van der Waals surface area contributed by atoms with Crippen LogP contribution < -0.4 is 5.73 Å². The molecule has 16 heavy (non-hydrogen) atoms. The number of rotatable bonds is 3. The zero-order valence-corrected chi connectivity index (χ0v) is 9.85. The molecule has 0 aliphatic carbocycles. The molecular formula is C14H18N2. The Kier molecular flexibility index (Phi) is 3.20. The van der Waals surface area contributed by atoms with Gasteiger partial charge in [-0.15, -0.1) is 0 Å². The van der Waals surface area contributed by atoms with Crippen LogP contribution in [0.5, 0.6) is 0 Å². The molecule has 2 N–H and O–H groups in total. The molecule has 84 valence electrons. The van der Waals surface area contributed by atoms with E-state index in [1.165, 1.54) is 10.9 Å². The molecule has 1 unspecified atom stereocenters. The summed E-state index contributed by atoms with van der Waals surface area (Å²) in [6.45, 7) is 4.37. The van der Waals surface area contributed by atoms with E-state index in [1.54, 1.807) is 0 Å². The van der Waals surface area contributed by atoms with Crippen LogP contribution in [0.4, 0.5) is 0 Å². The fraction of sp³-hybridized carbons (Fsp3) is 0.357. The van der Waals surface area contributed by atoms with Gasteiger partial charge in [0, 0.05) is 17.6 Å². The summed E-state index contributed by atoms with van der Waals surface area (Å²) in [5, 5.41) is 1.18. The lowest BCUT2D eigenvalue weighted by Crippen LogP contribution is -2.18. The van der Waals surface area contributed by atoms with Gasteiger partial charge in [0.2, 0.25) is 0 Å². The van der Waals surface area contributed by atoms with Crippen molar-refractivity contribution < 1.29 is 0 Å². The number of hydrogen-bond acceptors (Lipinski definition) is 2. The molecule has 1 aromatic heterocycles. The van der Waals surface area contributed by atoms with Crippen molar-refractivity contribution in [3.05, 3.63) is 42.1 Å². The van der Waals surface area contributed by atoms with Gasteiger partial charge in [0.1, 0.15) is 0 Å². The van der Waals surface area contributed by atoms with Crippen molar-refractivity contribution in [2.75, 3.05) is 0 Å². The van der Waals surface area contributed by atoms with Gasteiger partial charge in [-0.2, -0.15) is 0 Å². The summed E-state index contributed by atoms with van der Waals surface area (Å²) >= 11 is 0. The molecule has 2 heteroatoms. The van der Waals surface area contributed by atoms with E-state index in [1.807, 2.05) is 30.5 Å². The van der Waals surface area contributed by atoms with Crippen LogP contribution in [0.2, 0.25) is 0 Å². The van der Waals surface area contributed by atoms with Crippen molar-refractivity contribution in [2.45, 2.75) is 26.3 Å². The highest BCUT2D eigenvalue weighted by Gasteiger charge is 2.15. The second-order valence-electron chi connectivity index (χ2n) is 4.33. The van der Waals surface area contributed by atoms with E-state index in [0.29, 0.717) is 5.92 Å². The van der Waals surface area contributed by atoms with E-state index >= 15 is 0 Å². The number of aromatic nitrogens is 1. The lowest BCUT2D eigenvalue weighted by Gasteiger charge is -2.20. The Labute approximate surface area is 96.5 Å². The highest BCUT2D eigenvalue weighted by atomic mass is 14.7. The van der Waals surface area contributed by atoms with E-state index in [-0.39, 0.29) is 6.04 Å². The second-order valence-corrected chi connectivity index (χ2v) is 4.33. The third kappa shape index (κ3) is 1.93. The Morgan fingerprint density at radius 2 is 2.00 bits per heavy atom. The van der Waals surface area contributed by atoms with Gasteiger partial charge in [0.15, 0.2) is 0 Å². The zero-order chi connectivity index (χ0) is 11.5. The number of fused-ring (bicyclic) bond motifs is 1. The lowest BCUT2D eigenvalue weighted by atomic mass is 9.91. The van der Waals surface area contributed by atoms with Gasteiger partial charge in [0.25, 0.3) is 0 Å². The summed E-state index contributed by atoms with van der Waals surface area (Å²) in [6, 6.07) is 10.3. The van der Waals surface area contributed by atoms with Gasteiger partial charge >= 0.3 is 0 Å². The molecule has 2 atom stereocenters. The average molecular weight is 214 g/mol. The van der Waals surface area contributed by atoms with Crippen molar-refractivity contribution in [1.29, 1.82) is 0 Å². The number of pyridine rings is 1. The predicted octanol–water partition coefficient (Wildman–Crippen LogP) is 3.28. The third-order valence-electron chi connectivity index (χ3n) is 3.30. The molecule has 0 aliphatic heterocycles. The maximum atomic E-state index is 6.29. The molecule has 0 saturated heterocycles. The van der Waals surface area contributed by atoms with Gasteiger partial charge in [-0.05, 0) is 23.6 Å². The molecule has 2 nitrogen and oxygen atoms in total. The monoisotopic (exact) mass is 214 g/mol. The number of benzene rings is 1. The van der Waals surface area contributed by atoms with Crippen LogP contribution in [-0.4, -0.2) is 4.98 Å². The molecule has 2 rings (SSSR count). The fourth-order valence-electron chi connectivity index (χ4n) is 1.97. The summed E-state index contributed by atoms with van der Waals surface area (Å²) < 4.78 is 0. The van der Waals surface area contributed by atoms with Crippen molar-refractivity contribution in [3.63, 3.8) is 0 Å². The molecule has 1 heterocycles. The molecule has 0 saturated carbocycles. The van der Waals surface area contributed by atoms with Gasteiger partial charge in [0.05, 0.1) is 5.52 Å². The number of para-hydroxylation sites is 1. The Hall–Kier alpha value is -1.41. The largest absolute Gasteiger partial charge is 0.324 e. The third-order valence-corrected chi connectivity index (χ3v) is 3.30. The molecule has 0 radical (unpaired) electrons. The van der Waals surface area contributed by atoms with Crippen molar-refractivity contribution >= 4 is 10.9 Å². The maximum Gasteiger partial charge on any atom is 0.0705 e. The number of nitrogens with zero attached hydrogens (tertiary/aromatic N) is 1. The van der Waals surface area contributed by atoms with Crippen LogP contribution >= 0.6 is 0 Å². The Balaban J connectivity index is 2.52. The highest BCUT2D eigenvalue weighted by molar-refractivity contribution is 5.82. The van der Waals surface area contributed by atoms with E-state index < -0.39 is 0 Å². The first kappa shape index (κ1) is 11.1. The summed E-state index contributed by atoms with van der Waals surface area (Å²) in [5.74, 6) is 0.491. The molecule has 0 bridgehead atoms. The molecule has 0 spiro atoms. The average Bonchev–Trinajstić information content (AvgIpc) is 2.36. The van der Waals surface area contributed by atoms with Crippen LogP contribution in [0.15, 0.2) is 36.5 Å². The van der Waals surface area contributed by atoms with E-state index in [0.717, 1.165) is 11.9 Å². The smallest absolute Gasteiger partial charge is 0.0705 e. The highest BCUT2D eigenvalue weighted by Crippen LogP contribution is 2.27. The maximum absolute atomic E-state index is 6.29. The SMILES string of the molecule is CCC(C)[C@@H](N)c1ccnc2ccccc12. The van der Waals surface area contributed by atoms with Gasteiger partial charge in [-0.25, -0.2) is 0 Å². The Bertz CT molecular complexity index is 474. The summed E-state index contributed by atoms with van der Waals surface area (Å²) in [4.78, 5) is 4.35. The number of nitrogens with two attached hydrogens (primary N) is 1. The van der Waals surface area contributed by atoms with Crippen molar-refractivity contribution in [3.8, 4) is 0 Å². The summed E-state index contributed by atoms with van der Waals surface area (Å²) in [7, 11) is 0. The first-order chi connectivity index (χ1) is 7.74. The van der Waals surface area contributed by atoms with Gasteiger partial charge in [-0.1, -0.05) is 38.5 Å². The lowest BCUT2D eigenvalue weighted by molar-refractivity contribution is 0.459. The Morgan fingerprint density at radius 3 is 2.75 bits per heavy atom. The van der Waals surface area contributed by atoms with E-state index in [4.69, 9.17) is 5.73 Å². The van der Waals surface area contributed by atoms with E-state index in [9.17, 15) is 0 Å². The molecular weight excluding hydrogens is 196 g/mol. The first-order valence-electron chi connectivity index (χ1n) is 5.83. The quantitative estimate of drug-likeness (QED) is 0.851. The normalized spacial score (nSPS) is 14.9. The zero-order valence-electron chi connectivity index (χ0n) is 9.85. The minimum atomic E-state index is 0.0953. The van der Waals surface area contributed by atoms with Crippen LogP contribution in [0, 0.1) is 5.92 Å². The molecule has 2 aromatic rings. The molecule has 0 amide bonds. The van der Waals surface area contributed by atoms with Crippen molar-refractivity contribution in [2.24, 2.45) is 11.7 Å². The van der Waals surface area contributed by atoms with Gasteiger partial charge in [-0.3, -0.25) is 4.98 Å². The van der Waals surface area contributed by atoms with Crippen LogP contribution in [0.3, 0.4) is 0 Å². The van der Waals surface area contributed by atoms with Crippen LogP contribution in [0.25, 0.3) is 10.9 Å². The standard InChI is InChI=1S/C14H18N2/c1-3-10(2)14(15)12-8-9-16-13-7-5-4-6-11(12)13/h4-10,14H,3,15H2,1-2H3/t10?,14-/m1/s1. The number of hydrogen-bond donors (Lipinski definition) is 1. The van der Waals surface area contributed by atoms with Crippen LogP contribution in [-0.2, 0) is 0 Å². The second kappa shape index (κ2) is 4.62. The van der Waals surface area contributed by atoms with Gasteiger partial charge < -0.3 is 5.73 Å². The summed E-state index contributed by atoms with van der Waals surface area (Å²) in [5.41, 5.74) is 8.52. The fourth-order valence-corrected chi connectivity index (χ4v) is 1.97. The molecule has 1 aromatic carbocycles. The predicted molar refractivity (Wildman–Crippen MR) is 68.1 cm³/mol. The minimum absolute atomic E-state index is 0.0953. The van der Waals surface area contributed by atoms with Crippen molar-refractivity contribution in [1.82, 2.24) is 4.98 Å². The minimum Gasteiger partial charge on any atom is -0.324 e. The van der Waals surface area contributed by atoms with E-state index in [2.05, 4.69) is 24.9 Å². The first-order valence-corrected chi connectivity index (χ1v) is 5.83. The summed E-state index contributed by atoms with van der Waals surface area (Å²) in [6.07, 6.45) is 2.94.